The van der Waals surface area contributed by atoms with Gasteiger partial charge in [0.15, 0.2) is 0 Å². The van der Waals surface area contributed by atoms with E-state index in [1.807, 2.05) is 0 Å². The van der Waals surface area contributed by atoms with E-state index in [1.54, 1.807) is 14.1 Å². The minimum atomic E-state index is 0. The van der Waals surface area contributed by atoms with Crippen LogP contribution in [0.25, 0.3) is 0 Å². The Morgan fingerprint density at radius 3 is 1.40 bits per heavy atom. The Bertz CT molecular complexity index is 14.4. The summed E-state index contributed by atoms with van der Waals surface area (Å²) in [6, 6.07) is 0. The maximum Gasteiger partial charge on any atom is 0.00209 e. The summed E-state index contributed by atoms with van der Waals surface area (Å²) in [4.78, 5) is 0. The van der Waals surface area contributed by atoms with Gasteiger partial charge >= 0.3 is 0 Å². The van der Waals surface area contributed by atoms with Gasteiger partial charge in [0.05, 0.1) is 0 Å². The minimum Gasteiger partial charge on any atom is -0.226 e. The molecule has 0 aromatic carbocycles. The van der Waals surface area contributed by atoms with E-state index >= 15 is 0 Å². The van der Waals surface area contributed by atoms with Crippen LogP contribution in [0.4, 0.5) is 0 Å². The Kier molecular flexibility index (Phi) is 9.50. The zero-order valence-electron chi connectivity index (χ0n) is 3.33. The van der Waals surface area contributed by atoms with Crippen LogP contribution in [0.2, 0.25) is 0 Å². The van der Waals surface area contributed by atoms with E-state index in [2.05, 4.69) is 0 Å². The van der Waals surface area contributed by atoms with Crippen LogP contribution in [0.3, 0.4) is 0 Å². The van der Waals surface area contributed by atoms with Crippen molar-refractivity contribution < 1.29 is 0 Å². The quantitative estimate of drug-likeness (QED) is 0.400. The van der Waals surface area contributed by atoms with Crippen LogP contribution in [0.15, 0.2) is 0 Å². The molecule has 30 valence electrons. The second kappa shape index (κ2) is 5.05. The maximum absolute atomic E-state index is 5.11. The van der Waals surface area contributed by atoms with Crippen molar-refractivity contribution in [3.63, 3.8) is 0 Å². The molecule has 0 bridgehead atoms. The van der Waals surface area contributed by atoms with Gasteiger partial charge in [-0.25, -0.2) is 4.42 Å². The van der Waals surface area contributed by atoms with Crippen molar-refractivity contribution in [1.82, 2.24) is 4.42 Å². The third kappa shape index (κ3) is 42.7. The fraction of sp³-hybridized carbons (Fsp3) is 1.00. The summed E-state index contributed by atoms with van der Waals surface area (Å²) in [5, 5.41) is 0. The first-order valence-electron chi connectivity index (χ1n) is 1.06. The summed E-state index contributed by atoms with van der Waals surface area (Å²) in [5.74, 6) is 0. The molecule has 4 radical (unpaired) electrons. The number of nitrogens with zero attached hydrogens (tertiary/aromatic N) is 1. The molecule has 0 aromatic heterocycles. The molecule has 0 N–H and O–H groups in total. The Labute approximate surface area is 54.4 Å². The molecule has 0 aromatic rings. The van der Waals surface area contributed by atoms with Gasteiger partial charge in [-0.3, -0.25) is 0 Å². The molecule has 0 saturated heterocycles. The number of halogens is 1. The van der Waals surface area contributed by atoms with Crippen molar-refractivity contribution in [2.75, 3.05) is 14.1 Å². The summed E-state index contributed by atoms with van der Waals surface area (Å²) < 4.78 is 1.47. The van der Waals surface area contributed by atoms with Gasteiger partial charge in [0.2, 0.25) is 0 Å². The SMILES string of the molecule is CN(C)Cl.[Sn]. The zero-order valence-corrected chi connectivity index (χ0v) is 6.94. The third-order valence-corrected chi connectivity index (χ3v) is 0. The first-order chi connectivity index (χ1) is 1.73. The summed E-state index contributed by atoms with van der Waals surface area (Å²) in [6.45, 7) is 0. The maximum atomic E-state index is 5.11. The molecule has 0 heterocycles. The topological polar surface area (TPSA) is 3.24 Å². The molecule has 0 aliphatic rings. The van der Waals surface area contributed by atoms with Gasteiger partial charge in [0.1, 0.15) is 0 Å². The Morgan fingerprint density at radius 2 is 1.40 bits per heavy atom. The average molecular weight is 198 g/mol. The first-order valence-corrected chi connectivity index (χ1v) is 1.40. The van der Waals surface area contributed by atoms with Gasteiger partial charge in [0, 0.05) is 38.0 Å². The van der Waals surface area contributed by atoms with Crippen LogP contribution in [-0.4, -0.2) is 42.4 Å². The fourth-order valence-electron chi connectivity index (χ4n) is 0. The first kappa shape index (κ1) is 9.41. The van der Waals surface area contributed by atoms with E-state index in [-0.39, 0.29) is 23.9 Å². The molecule has 1 nitrogen and oxygen atoms in total. The molecule has 0 saturated carbocycles. The fourth-order valence-corrected chi connectivity index (χ4v) is 0. The van der Waals surface area contributed by atoms with Gasteiger partial charge in [-0.05, 0) is 11.8 Å². The summed E-state index contributed by atoms with van der Waals surface area (Å²) in [6.07, 6.45) is 0. The van der Waals surface area contributed by atoms with E-state index in [0.717, 1.165) is 0 Å². The molecule has 0 fully saturated rings. The van der Waals surface area contributed by atoms with Crippen molar-refractivity contribution in [2.24, 2.45) is 0 Å². The van der Waals surface area contributed by atoms with E-state index < -0.39 is 0 Å². The van der Waals surface area contributed by atoms with Crippen LogP contribution >= 0.6 is 11.8 Å². The monoisotopic (exact) mass is 199 g/mol. The van der Waals surface area contributed by atoms with Crippen LogP contribution in [0.5, 0.6) is 0 Å². The van der Waals surface area contributed by atoms with Gasteiger partial charge in [0.25, 0.3) is 0 Å². The summed E-state index contributed by atoms with van der Waals surface area (Å²) >= 11 is 5.11. The standard InChI is InChI=1S/C2H6ClN.Sn/c1-4(2)3;/h1-2H3;. The van der Waals surface area contributed by atoms with E-state index in [9.17, 15) is 0 Å². The zero-order chi connectivity index (χ0) is 3.58. The van der Waals surface area contributed by atoms with Crippen LogP contribution in [0.1, 0.15) is 0 Å². The molecular formula is C2H6ClNSn. The average Bonchev–Trinajstić information content (AvgIpc) is 0.811. The predicted octanol–water partition coefficient (Wildman–Crippen LogP) is 0.321. The van der Waals surface area contributed by atoms with Crippen molar-refractivity contribution in [3.8, 4) is 0 Å². The molecule has 0 unspecified atom stereocenters. The van der Waals surface area contributed by atoms with E-state index in [4.69, 9.17) is 11.8 Å². The minimum absolute atomic E-state index is 0. The van der Waals surface area contributed by atoms with Crippen LogP contribution in [-0.2, 0) is 0 Å². The van der Waals surface area contributed by atoms with Gasteiger partial charge in [-0.2, -0.15) is 0 Å². The van der Waals surface area contributed by atoms with Gasteiger partial charge in [-0.1, -0.05) is 0 Å². The molecule has 0 aliphatic carbocycles. The van der Waals surface area contributed by atoms with Crippen LogP contribution in [0, 0.1) is 0 Å². The Morgan fingerprint density at radius 1 is 1.40 bits per heavy atom. The molecule has 5 heavy (non-hydrogen) atoms. The van der Waals surface area contributed by atoms with Crippen molar-refractivity contribution in [2.45, 2.75) is 0 Å². The second-order valence-electron chi connectivity index (χ2n) is 0.785. The number of hydrogen-bond acceptors (Lipinski definition) is 1. The number of hydrogen-bond donors (Lipinski definition) is 0. The van der Waals surface area contributed by atoms with Gasteiger partial charge in [-0.15, -0.1) is 0 Å². The normalized spacial score (nSPS) is 7.20. The van der Waals surface area contributed by atoms with Crippen molar-refractivity contribution in [3.05, 3.63) is 0 Å². The Balaban J connectivity index is 0. The largest absolute Gasteiger partial charge is 0.226 e. The molecule has 3 heteroatoms. The molecule has 0 atom stereocenters. The molecule has 0 rings (SSSR count). The number of rotatable bonds is 0. The second-order valence-corrected chi connectivity index (χ2v) is 1.46. The molecule has 0 spiro atoms. The summed E-state index contributed by atoms with van der Waals surface area (Å²) in [7, 11) is 3.53. The van der Waals surface area contributed by atoms with E-state index in [1.165, 1.54) is 4.42 Å². The van der Waals surface area contributed by atoms with Crippen molar-refractivity contribution >= 4 is 35.7 Å². The molecular weight excluding hydrogens is 192 g/mol. The third-order valence-electron chi connectivity index (χ3n) is 0. The predicted molar refractivity (Wildman–Crippen MR) is 25.3 cm³/mol. The Hall–Kier alpha value is 1.05. The summed E-state index contributed by atoms with van der Waals surface area (Å²) in [5.41, 5.74) is 0. The molecule has 0 aliphatic heterocycles. The van der Waals surface area contributed by atoms with Crippen LogP contribution < -0.4 is 0 Å². The smallest absolute Gasteiger partial charge is 0.00209 e. The van der Waals surface area contributed by atoms with E-state index in [0.29, 0.717) is 0 Å². The van der Waals surface area contributed by atoms with Crippen molar-refractivity contribution in [1.29, 1.82) is 0 Å². The van der Waals surface area contributed by atoms with Gasteiger partial charge < -0.3 is 0 Å². The molecule has 0 amide bonds.